The van der Waals surface area contributed by atoms with Crippen molar-refractivity contribution < 1.29 is 0 Å². The molecule has 2 nitrogen and oxygen atoms in total. The van der Waals surface area contributed by atoms with Crippen molar-refractivity contribution in [2.45, 2.75) is 18.9 Å². The third-order valence-corrected chi connectivity index (χ3v) is 8.68. The molecule has 0 N–H and O–H groups in total. The summed E-state index contributed by atoms with van der Waals surface area (Å²) in [6, 6.07) is 35.0. The van der Waals surface area contributed by atoms with E-state index < -0.39 is 0 Å². The maximum atomic E-state index is 4.95. The molecule has 0 aliphatic heterocycles. The van der Waals surface area contributed by atoms with E-state index >= 15 is 0 Å². The van der Waals surface area contributed by atoms with Crippen LogP contribution in [0.4, 0.5) is 0 Å². The first-order valence-electron chi connectivity index (χ1n) is 15.1. The quantitative estimate of drug-likeness (QED) is 0.0850. The molecule has 0 spiro atoms. The van der Waals surface area contributed by atoms with Crippen LogP contribution >= 0.6 is 0 Å². The number of pyridine rings is 1. The predicted molar refractivity (Wildman–Crippen MR) is 183 cm³/mol. The minimum Gasteiger partial charge on any atom is -0.287 e. The van der Waals surface area contributed by atoms with Crippen molar-refractivity contribution in [2.75, 3.05) is 0 Å². The summed E-state index contributed by atoms with van der Waals surface area (Å²) in [6.07, 6.45) is 20.3. The molecule has 5 aromatic rings. The predicted octanol–water partition coefficient (Wildman–Crippen LogP) is 10.3. The lowest BCUT2D eigenvalue weighted by molar-refractivity contribution is 0.464. The van der Waals surface area contributed by atoms with E-state index in [9.17, 15) is 0 Å². The Balaban J connectivity index is 1.25. The van der Waals surface area contributed by atoms with Crippen LogP contribution in [0.5, 0.6) is 0 Å². The van der Waals surface area contributed by atoms with Gasteiger partial charge in [-0.3, -0.25) is 9.98 Å². The van der Waals surface area contributed by atoms with E-state index in [4.69, 9.17) is 4.98 Å². The molecular weight excluding hydrogens is 520 g/mol. The molecule has 1 heterocycles. The van der Waals surface area contributed by atoms with Gasteiger partial charge >= 0.3 is 0 Å². The molecule has 2 heteroatoms. The zero-order valence-corrected chi connectivity index (χ0v) is 24.2. The lowest BCUT2D eigenvalue weighted by Gasteiger charge is -2.32. The van der Waals surface area contributed by atoms with Crippen LogP contribution in [-0.2, 0) is 6.54 Å². The van der Waals surface area contributed by atoms with Crippen molar-refractivity contribution in [2.24, 2.45) is 16.8 Å². The fourth-order valence-corrected chi connectivity index (χ4v) is 6.75. The average molecular weight is 555 g/mol. The van der Waals surface area contributed by atoms with E-state index in [1.807, 2.05) is 18.2 Å². The second-order valence-electron chi connectivity index (χ2n) is 11.3. The van der Waals surface area contributed by atoms with Gasteiger partial charge in [-0.25, -0.2) is 0 Å². The summed E-state index contributed by atoms with van der Waals surface area (Å²) in [5, 5.41) is 5.34. The number of benzene rings is 4. The third kappa shape index (κ3) is 5.33. The summed E-state index contributed by atoms with van der Waals surface area (Å²) in [4.78, 5) is 9.43. The van der Waals surface area contributed by atoms with Crippen LogP contribution in [0, 0.1) is 11.8 Å². The van der Waals surface area contributed by atoms with Crippen molar-refractivity contribution in [3.8, 4) is 11.1 Å². The van der Waals surface area contributed by atoms with Crippen LogP contribution in [0.1, 0.15) is 29.3 Å². The molecule has 3 atom stereocenters. The Hall–Kier alpha value is -5.08. The smallest absolute Gasteiger partial charge is 0.0811 e. The van der Waals surface area contributed by atoms with E-state index in [1.165, 1.54) is 43.8 Å². The molecule has 43 heavy (non-hydrogen) atoms. The molecule has 2 aliphatic carbocycles. The first kappa shape index (κ1) is 26.8. The fraction of sp³-hybridized carbons (Fsp3) is 0.122. The van der Waals surface area contributed by atoms with Gasteiger partial charge in [-0.05, 0) is 74.4 Å². The van der Waals surface area contributed by atoms with Gasteiger partial charge in [0.2, 0.25) is 0 Å². The Morgan fingerprint density at radius 2 is 1.47 bits per heavy atom. The van der Waals surface area contributed by atoms with Crippen LogP contribution in [-0.4, -0.2) is 11.2 Å². The second kappa shape index (κ2) is 12.0. The van der Waals surface area contributed by atoms with Crippen molar-refractivity contribution in [3.63, 3.8) is 0 Å². The van der Waals surface area contributed by atoms with Gasteiger partial charge in [0.1, 0.15) is 0 Å². The van der Waals surface area contributed by atoms with Gasteiger partial charge < -0.3 is 0 Å². The summed E-state index contributed by atoms with van der Waals surface area (Å²) in [5.74, 6) is 1.14. The largest absolute Gasteiger partial charge is 0.287 e. The molecule has 0 radical (unpaired) electrons. The summed E-state index contributed by atoms with van der Waals surface area (Å²) < 4.78 is 0. The Kier molecular flexibility index (Phi) is 7.50. The highest BCUT2D eigenvalue weighted by Gasteiger charge is 2.29. The van der Waals surface area contributed by atoms with E-state index in [0.29, 0.717) is 24.3 Å². The van der Waals surface area contributed by atoms with E-state index in [1.54, 1.807) is 12.3 Å². The Bertz CT molecular complexity index is 1900. The van der Waals surface area contributed by atoms with Gasteiger partial charge in [-0.2, -0.15) is 0 Å². The number of fused-ring (bicyclic) bond motifs is 3. The molecule has 0 amide bonds. The van der Waals surface area contributed by atoms with Gasteiger partial charge in [0.15, 0.2) is 0 Å². The van der Waals surface area contributed by atoms with E-state index in [-0.39, 0.29) is 0 Å². The molecule has 2 aliphatic rings. The highest BCUT2D eigenvalue weighted by atomic mass is 14.8. The zero-order chi connectivity index (χ0) is 29.0. The summed E-state index contributed by atoms with van der Waals surface area (Å²) in [7, 11) is 0. The first-order valence-corrected chi connectivity index (χ1v) is 15.1. The van der Waals surface area contributed by atoms with Gasteiger partial charge in [0.25, 0.3) is 0 Å². The third-order valence-electron chi connectivity index (χ3n) is 8.68. The Morgan fingerprint density at radius 3 is 2.21 bits per heavy atom. The van der Waals surface area contributed by atoms with Gasteiger partial charge in [-0.15, -0.1) is 0 Å². The van der Waals surface area contributed by atoms with Crippen LogP contribution in [0.25, 0.3) is 38.2 Å². The number of rotatable bonds is 7. The SMILES string of the molecule is C=C/C=C\C=NCc1cccc(C2=CC3CC(c4c5ccccc5c(-c5ccccc5)c5ccccc45)C=CC3C=C2)n1. The van der Waals surface area contributed by atoms with Crippen LogP contribution in [0.3, 0.4) is 0 Å². The lowest BCUT2D eigenvalue weighted by atomic mass is 9.71. The fourth-order valence-electron chi connectivity index (χ4n) is 6.75. The van der Waals surface area contributed by atoms with Crippen molar-refractivity contribution >= 4 is 33.3 Å². The minimum atomic E-state index is 0.321. The first-order chi connectivity index (χ1) is 21.3. The molecule has 4 aromatic carbocycles. The summed E-state index contributed by atoms with van der Waals surface area (Å²) >= 11 is 0. The summed E-state index contributed by atoms with van der Waals surface area (Å²) in [5.41, 5.74) is 7.20. The molecule has 1 aromatic heterocycles. The molecular formula is C41H34N2. The maximum Gasteiger partial charge on any atom is 0.0811 e. The maximum absolute atomic E-state index is 4.95. The molecule has 0 saturated carbocycles. The standard InChI is InChI=1S/C41H34N2/c1-2-3-11-25-42-28-34-15-12-20-39(43-34)31-23-21-29-22-24-32(27-33(29)26-31)41-37-18-9-7-16-35(37)40(30-13-5-4-6-14-30)36-17-8-10-19-38(36)41/h2-26,29,32-33H,1,27-28H2/b11-3-,42-25?. The Morgan fingerprint density at radius 1 is 0.744 bits per heavy atom. The molecule has 3 unspecified atom stereocenters. The second-order valence-corrected chi connectivity index (χ2v) is 11.3. The van der Waals surface area contributed by atoms with Crippen molar-refractivity contribution in [1.29, 1.82) is 0 Å². The number of aromatic nitrogens is 1. The average Bonchev–Trinajstić information content (AvgIpc) is 3.07. The molecule has 0 saturated heterocycles. The van der Waals surface area contributed by atoms with Gasteiger partial charge in [0, 0.05) is 18.1 Å². The molecule has 7 rings (SSSR count). The molecule has 208 valence electrons. The van der Waals surface area contributed by atoms with Crippen molar-refractivity contribution in [1.82, 2.24) is 4.98 Å². The zero-order valence-electron chi connectivity index (χ0n) is 24.2. The highest BCUT2D eigenvalue weighted by molar-refractivity contribution is 6.15. The highest BCUT2D eigenvalue weighted by Crippen LogP contribution is 2.47. The van der Waals surface area contributed by atoms with Crippen LogP contribution < -0.4 is 0 Å². The monoisotopic (exact) mass is 554 g/mol. The topological polar surface area (TPSA) is 25.2 Å². The minimum absolute atomic E-state index is 0.321. The van der Waals surface area contributed by atoms with E-state index in [0.717, 1.165) is 17.8 Å². The number of aliphatic imine (C=N–C) groups is 1. The van der Waals surface area contributed by atoms with Gasteiger partial charge in [0.05, 0.1) is 17.9 Å². The number of hydrogen-bond donors (Lipinski definition) is 0. The van der Waals surface area contributed by atoms with E-state index in [2.05, 4.69) is 133 Å². The number of hydrogen-bond acceptors (Lipinski definition) is 2. The molecule has 0 fully saturated rings. The molecule has 0 bridgehead atoms. The summed E-state index contributed by atoms with van der Waals surface area (Å²) in [6.45, 7) is 4.25. The number of allylic oxidation sites excluding steroid dienone is 9. The Labute approximate surface area is 253 Å². The normalized spacial score (nSPS) is 19.7. The van der Waals surface area contributed by atoms with Crippen LogP contribution in [0.15, 0.2) is 157 Å². The number of nitrogens with zero attached hydrogens (tertiary/aromatic N) is 2. The lowest BCUT2D eigenvalue weighted by Crippen LogP contribution is -2.19. The van der Waals surface area contributed by atoms with Gasteiger partial charge in [-0.1, -0.05) is 134 Å². The van der Waals surface area contributed by atoms with Crippen LogP contribution in [0.2, 0.25) is 0 Å². The van der Waals surface area contributed by atoms with Crippen molar-refractivity contribution in [3.05, 3.63) is 169 Å².